The highest BCUT2D eigenvalue weighted by atomic mass is 33.1. The van der Waals surface area contributed by atoms with Crippen LogP contribution in [0.2, 0.25) is 0 Å². The molecule has 0 rings (SSSR count). The molecule has 0 N–H and O–H groups in total. The molecule has 0 unspecified atom stereocenters. The summed E-state index contributed by atoms with van der Waals surface area (Å²) in [6.07, 6.45) is 3.21. The van der Waals surface area contributed by atoms with E-state index in [0.717, 1.165) is 25.7 Å². The fourth-order valence-corrected chi connectivity index (χ4v) is 7.98. The molecule has 0 saturated heterocycles. The zero-order valence-corrected chi connectivity index (χ0v) is 15.6. The lowest BCUT2D eigenvalue weighted by atomic mass is 10.4. The molecule has 0 aliphatic carbocycles. The predicted octanol–water partition coefficient (Wildman–Crippen LogP) is 2.80. The number of hydrogen-bond donors (Lipinski definition) is 0. The number of sulfone groups is 2. The Morgan fingerprint density at radius 2 is 1.00 bits per heavy atom. The minimum absolute atomic E-state index is 0.188. The van der Waals surface area contributed by atoms with Crippen molar-refractivity contribution in [1.82, 2.24) is 0 Å². The lowest BCUT2D eigenvalue weighted by molar-refractivity contribution is 0.592. The first kappa shape index (κ1) is 20.6. The third kappa shape index (κ3) is 12.3. The highest BCUT2D eigenvalue weighted by molar-refractivity contribution is 8.76. The fraction of sp³-hybridized carbons (Fsp3) is 1.00. The van der Waals surface area contributed by atoms with Crippen molar-refractivity contribution in [3.05, 3.63) is 0 Å². The van der Waals surface area contributed by atoms with Crippen molar-refractivity contribution < 1.29 is 16.8 Å². The molecule has 0 radical (unpaired) electrons. The zero-order valence-electron chi connectivity index (χ0n) is 12.3. The smallest absolute Gasteiger partial charge is 0.151 e. The first-order chi connectivity index (χ1) is 9.33. The molecule has 8 heteroatoms. The molecule has 0 aliphatic heterocycles. The molecule has 20 heavy (non-hydrogen) atoms. The zero-order chi connectivity index (χ0) is 15.5. The standard InChI is InChI=1S/C12H26O4S4/c1-3-5-9-19(13,14)11-7-17-18-8-12-20(15,16)10-6-4-2/h3-12H2,1-2H3. The molecule has 0 aromatic rings. The summed E-state index contributed by atoms with van der Waals surface area (Å²) in [5, 5.41) is 0. The van der Waals surface area contributed by atoms with Gasteiger partial charge in [0.05, 0.1) is 23.0 Å². The van der Waals surface area contributed by atoms with Crippen LogP contribution in [0.25, 0.3) is 0 Å². The van der Waals surface area contributed by atoms with Gasteiger partial charge in [0, 0.05) is 11.5 Å². The molecule has 0 aromatic heterocycles. The summed E-state index contributed by atoms with van der Waals surface area (Å²) in [5.41, 5.74) is 0. The minimum Gasteiger partial charge on any atom is -0.229 e. The number of rotatable bonds is 13. The third-order valence-electron chi connectivity index (χ3n) is 2.66. The monoisotopic (exact) mass is 362 g/mol. The van der Waals surface area contributed by atoms with Crippen molar-refractivity contribution >= 4 is 41.3 Å². The average Bonchev–Trinajstić information content (AvgIpc) is 2.38. The second-order valence-electron chi connectivity index (χ2n) is 4.65. The summed E-state index contributed by atoms with van der Waals surface area (Å²) in [6.45, 7) is 3.94. The SMILES string of the molecule is CCCCS(=O)(=O)CCSSCCS(=O)(=O)CCCC. The van der Waals surface area contributed by atoms with Crippen molar-refractivity contribution in [3.63, 3.8) is 0 Å². The van der Waals surface area contributed by atoms with Crippen molar-refractivity contribution in [3.8, 4) is 0 Å². The predicted molar refractivity (Wildman–Crippen MR) is 92.0 cm³/mol. The molecule has 0 bridgehead atoms. The van der Waals surface area contributed by atoms with E-state index in [-0.39, 0.29) is 23.0 Å². The number of hydrogen-bond acceptors (Lipinski definition) is 6. The van der Waals surface area contributed by atoms with Crippen molar-refractivity contribution in [1.29, 1.82) is 0 Å². The maximum absolute atomic E-state index is 11.6. The van der Waals surface area contributed by atoms with Gasteiger partial charge < -0.3 is 0 Å². The van der Waals surface area contributed by atoms with Gasteiger partial charge in [-0.05, 0) is 12.8 Å². The molecular formula is C12H26O4S4. The van der Waals surface area contributed by atoms with Crippen LogP contribution in [0.5, 0.6) is 0 Å². The second kappa shape index (κ2) is 11.2. The van der Waals surface area contributed by atoms with E-state index in [1.54, 1.807) is 0 Å². The van der Waals surface area contributed by atoms with Gasteiger partial charge >= 0.3 is 0 Å². The lowest BCUT2D eigenvalue weighted by Gasteiger charge is -2.04. The summed E-state index contributed by atoms with van der Waals surface area (Å²) in [6, 6.07) is 0. The molecule has 0 atom stereocenters. The summed E-state index contributed by atoms with van der Waals surface area (Å²) in [5.74, 6) is 1.97. The van der Waals surface area contributed by atoms with Crippen LogP contribution in [0.1, 0.15) is 39.5 Å². The van der Waals surface area contributed by atoms with Gasteiger partial charge in [0.15, 0.2) is 19.7 Å². The van der Waals surface area contributed by atoms with E-state index in [1.165, 1.54) is 21.6 Å². The topological polar surface area (TPSA) is 68.3 Å². The maximum atomic E-state index is 11.6. The van der Waals surface area contributed by atoms with Gasteiger partial charge in [-0.3, -0.25) is 0 Å². The van der Waals surface area contributed by atoms with Crippen molar-refractivity contribution in [2.24, 2.45) is 0 Å². The molecule has 0 amide bonds. The van der Waals surface area contributed by atoms with Crippen LogP contribution in [0.15, 0.2) is 0 Å². The largest absolute Gasteiger partial charge is 0.229 e. The van der Waals surface area contributed by atoms with E-state index in [9.17, 15) is 16.8 Å². The normalized spacial score (nSPS) is 12.7. The minimum atomic E-state index is -2.92. The summed E-state index contributed by atoms with van der Waals surface area (Å²) in [7, 11) is -2.95. The van der Waals surface area contributed by atoms with E-state index in [0.29, 0.717) is 11.5 Å². The lowest BCUT2D eigenvalue weighted by Crippen LogP contribution is -2.13. The Bertz CT molecular complexity index is 386. The Hall–Kier alpha value is 0.600. The molecule has 122 valence electrons. The Balaban J connectivity index is 3.67. The third-order valence-corrected chi connectivity index (χ3v) is 9.06. The van der Waals surface area contributed by atoms with Gasteiger partial charge in [0.2, 0.25) is 0 Å². The van der Waals surface area contributed by atoms with Crippen LogP contribution in [-0.4, -0.2) is 51.4 Å². The summed E-state index contributed by atoms with van der Waals surface area (Å²) >= 11 is 0. The van der Waals surface area contributed by atoms with E-state index in [2.05, 4.69) is 0 Å². The van der Waals surface area contributed by atoms with Gasteiger partial charge in [0.1, 0.15) is 0 Å². The van der Waals surface area contributed by atoms with Gasteiger partial charge in [-0.15, -0.1) is 0 Å². The molecule has 0 aliphatic rings. The van der Waals surface area contributed by atoms with Crippen LogP contribution in [-0.2, 0) is 19.7 Å². The molecule has 0 aromatic carbocycles. The molecular weight excluding hydrogens is 336 g/mol. The molecule has 0 saturated carbocycles. The average molecular weight is 363 g/mol. The van der Waals surface area contributed by atoms with E-state index < -0.39 is 19.7 Å². The van der Waals surface area contributed by atoms with Gasteiger partial charge in [-0.25, -0.2) is 16.8 Å². The molecule has 0 heterocycles. The van der Waals surface area contributed by atoms with E-state index >= 15 is 0 Å². The molecule has 0 spiro atoms. The second-order valence-corrected chi connectivity index (χ2v) is 12.0. The quantitative estimate of drug-likeness (QED) is 0.371. The Kier molecular flexibility index (Phi) is 11.5. The highest BCUT2D eigenvalue weighted by Gasteiger charge is 2.11. The van der Waals surface area contributed by atoms with Crippen LogP contribution >= 0.6 is 21.6 Å². The van der Waals surface area contributed by atoms with Gasteiger partial charge in [-0.2, -0.15) is 0 Å². The summed E-state index contributed by atoms with van der Waals surface area (Å²) < 4.78 is 46.3. The first-order valence-electron chi connectivity index (χ1n) is 6.98. The van der Waals surface area contributed by atoms with Crippen LogP contribution in [0.3, 0.4) is 0 Å². The van der Waals surface area contributed by atoms with Crippen LogP contribution in [0, 0.1) is 0 Å². The van der Waals surface area contributed by atoms with Crippen molar-refractivity contribution in [2.45, 2.75) is 39.5 Å². The fourth-order valence-electron chi connectivity index (χ4n) is 1.37. The highest BCUT2D eigenvalue weighted by Crippen LogP contribution is 2.21. The van der Waals surface area contributed by atoms with Gasteiger partial charge in [-0.1, -0.05) is 48.3 Å². The Labute approximate surface area is 132 Å². The first-order valence-corrected chi connectivity index (χ1v) is 13.1. The summed E-state index contributed by atoms with van der Waals surface area (Å²) in [4.78, 5) is 0. The van der Waals surface area contributed by atoms with Crippen LogP contribution in [0.4, 0.5) is 0 Å². The van der Waals surface area contributed by atoms with Gasteiger partial charge in [0.25, 0.3) is 0 Å². The van der Waals surface area contributed by atoms with E-state index in [4.69, 9.17) is 0 Å². The Morgan fingerprint density at radius 3 is 1.30 bits per heavy atom. The van der Waals surface area contributed by atoms with E-state index in [1.807, 2.05) is 13.8 Å². The Morgan fingerprint density at radius 1 is 0.650 bits per heavy atom. The van der Waals surface area contributed by atoms with Crippen LogP contribution < -0.4 is 0 Å². The molecule has 0 fully saturated rings. The molecule has 4 nitrogen and oxygen atoms in total. The maximum Gasteiger partial charge on any atom is 0.151 e. The van der Waals surface area contributed by atoms with Crippen molar-refractivity contribution in [2.75, 3.05) is 34.5 Å². The number of unbranched alkanes of at least 4 members (excludes halogenated alkanes) is 2.